The van der Waals surface area contributed by atoms with E-state index in [1.165, 1.54) is 19.6 Å². The van der Waals surface area contributed by atoms with Crippen molar-refractivity contribution in [2.75, 3.05) is 0 Å². The molecule has 4 saturated carbocycles. The number of ketones is 2. The lowest BCUT2D eigenvalue weighted by molar-refractivity contribution is -0.347. The fourth-order valence-corrected chi connectivity index (χ4v) is 15.8. The highest BCUT2D eigenvalue weighted by Crippen LogP contribution is 2.64. The average molecular weight is 1130 g/mol. The van der Waals surface area contributed by atoms with E-state index in [1.54, 1.807) is 33.5 Å². The second-order valence-corrected chi connectivity index (χ2v) is 33.7. The molecular weight excluding hydrogens is 1030 g/mol. The van der Waals surface area contributed by atoms with Gasteiger partial charge in [-0.3, -0.25) is 9.59 Å². The molecule has 4 rings (SSSR count). The minimum atomic E-state index is -6.05. The van der Waals surface area contributed by atoms with E-state index < -0.39 is 132 Å². The number of hydrogen-bond donors (Lipinski definition) is 2. The molecule has 0 aromatic heterocycles. The molecule has 2 N–H and O–H groups in total. The van der Waals surface area contributed by atoms with E-state index in [4.69, 9.17) is 25.3 Å². The number of hydrogen-bond acceptors (Lipinski definition) is 6. The van der Waals surface area contributed by atoms with Crippen LogP contribution in [0.5, 0.6) is 0 Å². The summed E-state index contributed by atoms with van der Waals surface area (Å²) in [6, 6.07) is 0. The molecule has 6 nitrogen and oxygen atoms in total. The molecule has 74 heavy (non-hydrogen) atoms. The molecule has 4 aliphatic rings. The molecule has 8 atom stereocenters. The number of halogens is 12. The first-order valence-electron chi connectivity index (χ1n) is 31.5. The van der Waals surface area contributed by atoms with Gasteiger partial charge >= 0.3 is 24.7 Å². The van der Waals surface area contributed by atoms with E-state index in [-0.39, 0.29) is 79.5 Å². The van der Waals surface area contributed by atoms with Gasteiger partial charge in [-0.15, -0.1) is 0 Å². The molecule has 0 aliphatic heterocycles. The first kappa shape index (κ1) is 49.3. The third-order valence-corrected chi connectivity index (χ3v) is 18.4. The van der Waals surface area contributed by atoms with Crippen LogP contribution in [0.1, 0.15) is 187 Å². The Balaban J connectivity index is 0.000000458. The summed E-state index contributed by atoms with van der Waals surface area (Å²) in [5.74, 6) is -1.23. The van der Waals surface area contributed by atoms with Gasteiger partial charge in [0.2, 0.25) is 0 Å². The molecule has 432 valence electrons. The van der Waals surface area contributed by atoms with E-state index in [0.29, 0.717) is 70.3 Å². The summed E-state index contributed by atoms with van der Waals surface area (Å²) in [7, 11) is -6.19. The monoisotopic (exact) mass is 1130 g/mol. The zero-order valence-electron chi connectivity index (χ0n) is 56.4. The van der Waals surface area contributed by atoms with E-state index >= 15 is 0 Å². The van der Waals surface area contributed by atoms with Crippen LogP contribution in [0.25, 0.3) is 0 Å². The molecule has 0 spiro atoms. The highest BCUT2D eigenvalue weighted by Gasteiger charge is 2.72. The van der Waals surface area contributed by atoms with Crippen LogP contribution < -0.4 is 0 Å². The minimum Gasteiger partial charge on any atom is -0.413 e. The quantitative estimate of drug-likeness (QED) is 0.0717. The maximum absolute atomic E-state index is 14.3. The minimum absolute atomic E-state index is 0.0341. The molecule has 0 aromatic rings. The molecule has 0 aromatic carbocycles. The van der Waals surface area contributed by atoms with Crippen LogP contribution in [-0.2, 0) is 18.4 Å². The first-order chi connectivity index (χ1) is 38.0. The molecule has 20 heteroatoms. The standard InChI is InChI=1S/C30H52F6O3Si2.C24H36F6O3/c1-25(2,38-40(5,6)7)17-12-18-26(3,24-16-15-22-23(37)14-11-20-27(22,24)4)19-13-21-28(29(31,32)33,30(34,35)36)39-41(8,9)10;1-19(2,32)11-6-12-20(3,13-7-15-22(33,23(25,26)27)24(28,29)30)18-10-9-16-17(31)8-5-14-21(16,18)4/h13,21-22,24H,11-12,14-20H2,1-10H3;7,15-16,18,32-33H,5-6,8-14H2,1-4H3/b21-13+;15-7+/t22?,24-,26-,27+;16?,18-,20-,21+/m11/s1/i2*1D3,2D3. The smallest absolute Gasteiger partial charge is 0.413 e. The van der Waals surface area contributed by atoms with Gasteiger partial charge in [-0.05, 0) is 202 Å². The molecule has 0 radical (unpaired) electrons. The Labute approximate surface area is 452 Å². The average Bonchev–Trinajstić information content (AvgIpc) is 1.43. The van der Waals surface area contributed by atoms with Crippen molar-refractivity contribution in [1.29, 1.82) is 0 Å². The SMILES string of the molecule is [2H]C([2H])([2H])C(CCC[C@](C)(C/C=C/C(O[Si](C)(C)C)(C(F)(F)F)C(F)(F)F)[C@H]1CCC2C(=O)CCC[C@@]21C)(O[Si](C)(C)C)C([2H])([2H])[2H].[2H]C([2H])([2H])C(O)(CCC[C@](C)(C/C=C/C(O)(C(F)(F)F)C(F)(F)F)[C@H]1CCC2C(=O)CCC[C@@]21C)C([2H])([2H])[2H]. The van der Waals surface area contributed by atoms with Crippen molar-refractivity contribution in [2.45, 2.75) is 257 Å². The number of alkyl halides is 12. The van der Waals surface area contributed by atoms with Crippen molar-refractivity contribution in [3.05, 3.63) is 24.3 Å². The van der Waals surface area contributed by atoms with E-state index in [0.717, 1.165) is 6.08 Å². The third-order valence-electron chi connectivity index (χ3n) is 16.5. The predicted molar refractivity (Wildman–Crippen MR) is 269 cm³/mol. The highest BCUT2D eigenvalue weighted by molar-refractivity contribution is 6.70. The Morgan fingerprint density at radius 3 is 1.32 bits per heavy atom. The molecule has 0 amide bonds. The lowest BCUT2D eigenvalue weighted by atomic mass is 9.56. The van der Waals surface area contributed by atoms with Gasteiger partial charge < -0.3 is 19.1 Å². The fourth-order valence-electron chi connectivity index (χ4n) is 13.4. The summed E-state index contributed by atoms with van der Waals surface area (Å²) in [5.41, 5.74) is -18.5. The summed E-state index contributed by atoms with van der Waals surface area (Å²) in [6.45, 7) is 3.18. The van der Waals surface area contributed by atoms with Crippen molar-refractivity contribution in [1.82, 2.24) is 0 Å². The molecular formula is C54H88F12O6Si2. The summed E-state index contributed by atoms with van der Waals surface area (Å²) < 4.78 is 271. The van der Waals surface area contributed by atoms with Crippen molar-refractivity contribution in [3.63, 3.8) is 0 Å². The lowest BCUT2D eigenvalue weighted by Gasteiger charge is -2.48. The normalized spacial score (nSPS) is 31.1. The van der Waals surface area contributed by atoms with Crippen LogP contribution in [0.15, 0.2) is 24.3 Å². The van der Waals surface area contributed by atoms with Crippen LogP contribution in [0.2, 0.25) is 39.3 Å². The number of carbonyl (C=O) groups is 2. The Morgan fingerprint density at radius 2 is 0.973 bits per heavy atom. The third kappa shape index (κ3) is 15.8. The summed E-state index contributed by atoms with van der Waals surface area (Å²) in [4.78, 5) is 25.6. The molecule has 4 fully saturated rings. The van der Waals surface area contributed by atoms with Crippen LogP contribution in [-0.4, -0.2) is 85.5 Å². The van der Waals surface area contributed by atoms with E-state index in [1.807, 2.05) is 13.8 Å². The number of carbonyl (C=O) groups excluding carboxylic acids is 2. The zero-order chi connectivity index (χ0) is 67.4. The maximum Gasteiger partial charge on any atom is 0.429 e. The van der Waals surface area contributed by atoms with Gasteiger partial charge in [0, 0.05) is 41.1 Å². The highest BCUT2D eigenvalue weighted by atomic mass is 28.4. The molecule has 2 unspecified atom stereocenters. The predicted octanol–water partition coefficient (Wildman–Crippen LogP) is 16.8. The fraction of sp³-hybridized carbons (Fsp3) is 0.889. The van der Waals surface area contributed by atoms with Crippen LogP contribution >= 0.6 is 0 Å². The summed E-state index contributed by atoms with van der Waals surface area (Å²) in [5, 5.41) is 20.2. The van der Waals surface area contributed by atoms with Crippen molar-refractivity contribution < 1.29 is 97.8 Å². The van der Waals surface area contributed by atoms with Gasteiger partial charge in [-0.2, -0.15) is 52.7 Å². The van der Waals surface area contributed by atoms with Gasteiger partial charge in [-0.25, -0.2) is 0 Å². The zero-order valence-corrected chi connectivity index (χ0v) is 46.4. The lowest BCUT2D eigenvalue weighted by Crippen LogP contribution is -2.61. The first-order valence-corrected chi connectivity index (χ1v) is 32.3. The van der Waals surface area contributed by atoms with Gasteiger partial charge in [0.1, 0.15) is 11.6 Å². The van der Waals surface area contributed by atoms with Gasteiger partial charge in [0.15, 0.2) is 16.6 Å². The maximum atomic E-state index is 14.3. The van der Waals surface area contributed by atoms with Crippen LogP contribution in [0.4, 0.5) is 52.7 Å². The Bertz CT molecular complexity index is 2340. The number of aliphatic hydroxyl groups is 2. The molecule has 4 aliphatic carbocycles. The number of allylic oxidation sites excluding steroid dienone is 2. The Kier molecular flexibility index (Phi) is 15.2. The Hall–Kier alpha value is -1.75. The van der Waals surface area contributed by atoms with Crippen LogP contribution in [0.3, 0.4) is 0 Å². The number of fused-ring (bicyclic) bond motifs is 2. The molecule has 0 heterocycles. The summed E-state index contributed by atoms with van der Waals surface area (Å²) >= 11 is 0. The molecule has 0 bridgehead atoms. The topological polar surface area (TPSA) is 93.1 Å². The largest absolute Gasteiger partial charge is 0.429 e. The van der Waals surface area contributed by atoms with E-state index in [9.17, 15) is 72.5 Å². The number of rotatable bonds is 20. The number of Topliss-reactive ketones (excluding diaryl/α,β-unsaturated/α-hetero) is 2. The van der Waals surface area contributed by atoms with Gasteiger partial charge in [0.05, 0.1) is 11.2 Å². The molecule has 0 saturated heterocycles. The van der Waals surface area contributed by atoms with Crippen molar-refractivity contribution in [3.8, 4) is 0 Å². The van der Waals surface area contributed by atoms with Gasteiger partial charge in [0.25, 0.3) is 11.2 Å². The summed E-state index contributed by atoms with van der Waals surface area (Å²) in [6.07, 6.45) is -19.4. The second-order valence-electron chi connectivity index (χ2n) is 24.9. The van der Waals surface area contributed by atoms with Crippen molar-refractivity contribution in [2.24, 2.45) is 45.3 Å². The van der Waals surface area contributed by atoms with Gasteiger partial charge in [-0.1, -0.05) is 52.7 Å². The second kappa shape index (κ2) is 22.8. The Morgan fingerprint density at radius 1 is 0.581 bits per heavy atom. The van der Waals surface area contributed by atoms with Crippen LogP contribution in [0, 0.1) is 45.3 Å². The van der Waals surface area contributed by atoms with Crippen molar-refractivity contribution >= 4 is 28.2 Å². The van der Waals surface area contributed by atoms with E-state index in [2.05, 4.69) is 0 Å².